The minimum atomic E-state index is -0.557. The molecule has 0 saturated heterocycles. The smallest absolute Gasteiger partial charge is 0.149 e. The van der Waals surface area contributed by atoms with Gasteiger partial charge in [-0.3, -0.25) is 4.99 Å². The average molecular weight is 324 g/mol. The average Bonchev–Trinajstić information content (AvgIpc) is 2.59. The molecule has 124 valence electrons. The number of rotatable bonds is 6. The van der Waals surface area contributed by atoms with E-state index in [1.807, 2.05) is 56.3 Å². The Balaban J connectivity index is 1.90. The third-order valence-electron chi connectivity index (χ3n) is 3.61. The van der Waals surface area contributed by atoms with E-state index in [9.17, 15) is 4.79 Å². The van der Waals surface area contributed by atoms with Gasteiger partial charge >= 0.3 is 0 Å². The lowest BCUT2D eigenvalue weighted by molar-refractivity contribution is -0.109. The standard InChI is InChI=1S/C19H20N2O3/c1-13(2)24-18-9-15(23-11-14-6-4-3-5-7-14)8-16-19(18)17(10-22)21-12-20-16/h3-10,12-13,17H,11H2,1-2H3,(H,20,21). The van der Waals surface area contributed by atoms with Crippen molar-refractivity contribution in [1.82, 2.24) is 0 Å². The number of ether oxygens (including phenoxy) is 2. The number of nitrogens with zero attached hydrogens (tertiary/aromatic N) is 1. The maximum Gasteiger partial charge on any atom is 0.149 e. The summed E-state index contributed by atoms with van der Waals surface area (Å²) in [4.78, 5) is 15.5. The van der Waals surface area contributed by atoms with Crippen LogP contribution in [0.4, 0.5) is 5.69 Å². The van der Waals surface area contributed by atoms with Gasteiger partial charge in [-0.05, 0) is 19.4 Å². The van der Waals surface area contributed by atoms with E-state index in [1.165, 1.54) is 6.34 Å². The number of hydrogen-bond acceptors (Lipinski definition) is 5. The maximum absolute atomic E-state index is 11.3. The summed E-state index contributed by atoms with van der Waals surface area (Å²) in [7, 11) is 0. The Morgan fingerprint density at radius 1 is 1.25 bits per heavy atom. The van der Waals surface area contributed by atoms with Crippen LogP contribution in [0.15, 0.2) is 47.5 Å². The molecule has 1 aliphatic rings. The first-order valence-electron chi connectivity index (χ1n) is 7.92. The molecule has 0 aliphatic carbocycles. The molecule has 2 aromatic rings. The van der Waals surface area contributed by atoms with E-state index in [-0.39, 0.29) is 6.10 Å². The zero-order valence-corrected chi connectivity index (χ0v) is 13.7. The molecule has 24 heavy (non-hydrogen) atoms. The summed E-state index contributed by atoms with van der Waals surface area (Å²) in [5.41, 5.74) is 2.61. The van der Waals surface area contributed by atoms with E-state index in [4.69, 9.17) is 9.47 Å². The number of hydrogen-bond donors (Lipinski definition) is 1. The van der Waals surface area contributed by atoms with Crippen molar-refractivity contribution in [2.75, 3.05) is 5.32 Å². The van der Waals surface area contributed by atoms with Crippen molar-refractivity contribution in [2.24, 2.45) is 4.99 Å². The van der Waals surface area contributed by atoms with Crippen molar-refractivity contribution >= 4 is 18.3 Å². The normalized spacial score (nSPS) is 15.5. The lowest BCUT2D eigenvalue weighted by atomic mass is 10.0. The highest BCUT2D eigenvalue weighted by Gasteiger charge is 2.23. The topological polar surface area (TPSA) is 59.9 Å². The Morgan fingerprint density at radius 3 is 2.75 bits per heavy atom. The summed E-state index contributed by atoms with van der Waals surface area (Å²) in [5.74, 6) is 1.30. The van der Waals surface area contributed by atoms with Gasteiger partial charge in [0.2, 0.25) is 0 Å². The molecule has 1 aliphatic heterocycles. The molecule has 1 unspecified atom stereocenters. The number of fused-ring (bicyclic) bond motifs is 1. The van der Waals surface area contributed by atoms with E-state index in [0.717, 1.165) is 23.1 Å². The van der Waals surface area contributed by atoms with E-state index >= 15 is 0 Å². The Morgan fingerprint density at radius 2 is 2.04 bits per heavy atom. The second-order valence-electron chi connectivity index (χ2n) is 5.83. The van der Waals surface area contributed by atoms with Gasteiger partial charge in [0.25, 0.3) is 0 Å². The van der Waals surface area contributed by atoms with Gasteiger partial charge in [-0.1, -0.05) is 30.3 Å². The van der Waals surface area contributed by atoms with Gasteiger partial charge in [-0.15, -0.1) is 0 Å². The molecule has 5 heteroatoms. The summed E-state index contributed by atoms with van der Waals surface area (Å²) in [6, 6.07) is 13.1. The van der Waals surface area contributed by atoms with E-state index in [0.29, 0.717) is 18.1 Å². The van der Waals surface area contributed by atoms with E-state index < -0.39 is 6.04 Å². The first-order chi connectivity index (χ1) is 11.7. The lowest BCUT2D eigenvalue weighted by Crippen LogP contribution is -2.16. The number of carbonyl (C=O) groups is 1. The third-order valence-corrected chi connectivity index (χ3v) is 3.61. The minimum absolute atomic E-state index is 0.0170. The molecule has 3 rings (SSSR count). The molecule has 0 saturated carbocycles. The predicted molar refractivity (Wildman–Crippen MR) is 93.9 cm³/mol. The van der Waals surface area contributed by atoms with Gasteiger partial charge in [0.15, 0.2) is 0 Å². The highest BCUT2D eigenvalue weighted by atomic mass is 16.5. The van der Waals surface area contributed by atoms with Gasteiger partial charge in [0.1, 0.15) is 30.4 Å². The Labute approximate surface area is 141 Å². The summed E-state index contributed by atoms with van der Waals surface area (Å²) in [6.07, 6.45) is 2.33. The van der Waals surface area contributed by atoms with Crippen LogP contribution in [0.3, 0.4) is 0 Å². The van der Waals surface area contributed by atoms with E-state index in [2.05, 4.69) is 10.3 Å². The molecule has 5 nitrogen and oxygen atoms in total. The number of aliphatic imine (C=N–C) groups is 1. The van der Waals surface area contributed by atoms with Crippen molar-refractivity contribution in [3.63, 3.8) is 0 Å². The van der Waals surface area contributed by atoms with Gasteiger partial charge in [-0.25, -0.2) is 0 Å². The van der Waals surface area contributed by atoms with Crippen molar-refractivity contribution in [2.45, 2.75) is 32.6 Å². The lowest BCUT2D eigenvalue weighted by Gasteiger charge is -2.23. The Kier molecular flexibility index (Phi) is 4.79. The molecule has 0 radical (unpaired) electrons. The Hall–Kier alpha value is -2.82. The van der Waals surface area contributed by atoms with E-state index in [1.54, 1.807) is 0 Å². The molecule has 1 atom stereocenters. The second kappa shape index (κ2) is 7.17. The molecule has 0 fully saturated rings. The van der Waals surface area contributed by atoms with Gasteiger partial charge in [-0.2, -0.15) is 0 Å². The fraction of sp³-hybridized carbons (Fsp3) is 0.263. The summed E-state index contributed by atoms with van der Waals surface area (Å²) in [6.45, 7) is 4.35. The van der Waals surface area contributed by atoms with Crippen LogP contribution >= 0.6 is 0 Å². The fourth-order valence-electron chi connectivity index (χ4n) is 2.57. The van der Waals surface area contributed by atoms with Crippen LogP contribution in [0.2, 0.25) is 0 Å². The van der Waals surface area contributed by atoms with Crippen LogP contribution in [0.1, 0.15) is 31.0 Å². The number of anilines is 1. The third kappa shape index (κ3) is 3.56. The molecule has 0 spiro atoms. The number of benzene rings is 2. The molecular formula is C19H20N2O3. The second-order valence-corrected chi connectivity index (χ2v) is 5.83. The summed E-state index contributed by atoms with van der Waals surface area (Å²) in [5, 5.41) is 3.07. The fourth-order valence-corrected chi connectivity index (χ4v) is 2.57. The highest BCUT2D eigenvalue weighted by molar-refractivity contribution is 5.87. The summed E-state index contributed by atoms with van der Waals surface area (Å²) >= 11 is 0. The van der Waals surface area contributed by atoms with Crippen LogP contribution < -0.4 is 14.8 Å². The monoisotopic (exact) mass is 324 g/mol. The molecule has 0 aromatic heterocycles. The first kappa shape index (κ1) is 16.1. The zero-order chi connectivity index (χ0) is 16.9. The number of aldehydes is 1. The number of nitrogens with one attached hydrogen (secondary N) is 1. The molecule has 0 bridgehead atoms. The predicted octanol–water partition coefficient (Wildman–Crippen LogP) is 3.75. The Bertz CT molecular complexity index is 742. The van der Waals surface area contributed by atoms with Crippen molar-refractivity contribution in [3.8, 4) is 11.5 Å². The van der Waals surface area contributed by atoms with Crippen molar-refractivity contribution < 1.29 is 14.3 Å². The largest absolute Gasteiger partial charge is 0.490 e. The van der Waals surface area contributed by atoms with Crippen LogP contribution in [-0.4, -0.2) is 18.7 Å². The van der Waals surface area contributed by atoms with Crippen LogP contribution in [-0.2, 0) is 11.4 Å². The zero-order valence-electron chi connectivity index (χ0n) is 13.7. The highest BCUT2D eigenvalue weighted by Crippen LogP contribution is 2.39. The number of carbonyl (C=O) groups excluding carboxylic acids is 1. The quantitative estimate of drug-likeness (QED) is 0.822. The van der Waals surface area contributed by atoms with Gasteiger partial charge in [0, 0.05) is 17.7 Å². The van der Waals surface area contributed by atoms with Crippen LogP contribution in [0.25, 0.3) is 0 Å². The first-order valence-corrected chi connectivity index (χ1v) is 7.92. The SMILES string of the molecule is CC(C)Oc1cc(OCc2ccccc2)cc2c1C(C=O)N=CN2. The van der Waals surface area contributed by atoms with Crippen LogP contribution in [0.5, 0.6) is 11.5 Å². The molecule has 1 N–H and O–H groups in total. The minimum Gasteiger partial charge on any atom is -0.490 e. The van der Waals surface area contributed by atoms with Crippen molar-refractivity contribution in [3.05, 3.63) is 53.6 Å². The molecular weight excluding hydrogens is 304 g/mol. The van der Waals surface area contributed by atoms with Crippen molar-refractivity contribution in [1.29, 1.82) is 0 Å². The summed E-state index contributed by atoms with van der Waals surface area (Å²) < 4.78 is 11.8. The molecule has 0 amide bonds. The molecule has 1 heterocycles. The van der Waals surface area contributed by atoms with Crippen LogP contribution in [0, 0.1) is 0 Å². The molecule has 2 aromatic carbocycles. The van der Waals surface area contributed by atoms with Gasteiger partial charge in [0.05, 0.1) is 18.1 Å². The maximum atomic E-state index is 11.3. The van der Waals surface area contributed by atoms with Gasteiger partial charge < -0.3 is 19.6 Å².